The Morgan fingerprint density at radius 2 is 2.25 bits per heavy atom. The molecule has 0 radical (unpaired) electrons. The molecule has 5 nitrogen and oxygen atoms in total. The fourth-order valence-corrected chi connectivity index (χ4v) is 3.41. The number of rotatable bonds is 7. The molecule has 1 heterocycles. The highest BCUT2D eigenvalue weighted by molar-refractivity contribution is 7.99. The summed E-state index contributed by atoms with van der Waals surface area (Å²) in [5.41, 5.74) is 1.98. The quantitative estimate of drug-likeness (QED) is 0.833. The van der Waals surface area contributed by atoms with E-state index in [0.717, 1.165) is 35.6 Å². The zero-order chi connectivity index (χ0) is 14.5. The van der Waals surface area contributed by atoms with Crippen molar-refractivity contribution in [2.45, 2.75) is 44.9 Å². The van der Waals surface area contributed by atoms with E-state index < -0.39 is 0 Å². The molecular weight excluding hydrogens is 276 g/mol. The van der Waals surface area contributed by atoms with Crippen LogP contribution in [0.5, 0.6) is 0 Å². The van der Waals surface area contributed by atoms with Gasteiger partial charge in [0.15, 0.2) is 0 Å². The van der Waals surface area contributed by atoms with Crippen molar-refractivity contribution < 1.29 is 14.4 Å². The average molecular weight is 298 g/mol. The standard InChI is InChI=1S/C14H22N2O3S/c1-10-13(11(2)19-15-10)8-20-9-14(18)16(6-7-17)12-4-3-5-12/h12,17H,3-9H2,1-2H3. The van der Waals surface area contributed by atoms with Gasteiger partial charge in [-0.25, -0.2) is 0 Å². The molecule has 1 aliphatic carbocycles. The van der Waals surface area contributed by atoms with Crippen LogP contribution in [-0.4, -0.2) is 46.0 Å². The van der Waals surface area contributed by atoms with Gasteiger partial charge in [-0.1, -0.05) is 5.16 Å². The van der Waals surface area contributed by atoms with E-state index in [1.165, 1.54) is 6.42 Å². The van der Waals surface area contributed by atoms with Crippen LogP contribution in [0.2, 0.25) is 0 Å². The topological polar surface area (TPSA) is 66.6 Å². The van der Waals surface area contributed by atoms with Crippen molar-refractivity contribution in [3.8, 4) is 0 Å². The number of hydrogen-bond acceptors (Lipinski definition) is 5. The van der Waals surface area contributed by atoms with E-state index in [1.807, 2.05) is 18.7 Å². The van der Waals surface area contributed by atoms with Crippen LogP contribution >= 0.6 is 11.8 Å². The number of aromatic nitrogens is 1. The minimum Gasteiger partial charge on any atom is -0.395 e. The predicted octanol–water partition coefficient (Wildman–Crippen LogP) is 1.90. The predicted molar refractivity (Wildman–Crippen MR) is 78.6 cm³/mol. The zero-order valence-corrected chi connectivity index (χ0v) is 12.9. The minimum atomic E-state index is 0.0385. The number of thioether (sulfide) groups is 1. The van der Waals surface area contributed by atoms with Crippen LogP contribution in [0.4, 0.5) is 0 Å². The molecule has 0 saturated heterocycles. The molecule has 1 N–H and O–H groups in total. The van der Waals surface area contributed by atoms with Crippen molar-refractivity contribution in [3.05, 3.63) is 17.0 Å². The first-order valence-corrected chi connectivity index (χ1v) is 8.18. The van der Waals surface area contributed by atoms with Gasteiger partial charge < -0.3 is 14.5 Å². The van der Waals surface area contributed by atoms with Crippen LogP contribution in [0.3, 0.4) is 0 Å². The second-order valence-corrected chi connectivity index (χ2v) is 6.18. The Kier molecular flexibility index (Phi) is 5.48. The van der Waals surface area contributed by atoms with E-state index in [4.69, 9.17) is 9.63 Å². The third-order valence-electron chi connectivity index (χ3n) is 3.83. The van der Waals surface area contributed by atoms with Crippen LogP contribution in [0, 0.1) is 13.8 Å². The van der Waals surface area contributed by atoms with Crippen LogP contribution in [0.1, 0.15) is 36.3 Å². The van der Waals surface area contributed by atoms with Gasteiger partial charge in [-0.2, -0.15) is 0 Å². The van der Waals surface area contributed by atoms with E-state index in [1.54, 1.807) is 11.8 Å². The number of carbonyl (C=O) groups excluding carboxylic acids is 1. The molecule has 0 unspecified atom stereocenters. The summed E-state index contributed by atoms with van der Waals surface area (Å²) < 4.78 is 5.11. The van der Waals surface area contributed by atoms with Crippen molar-refractivity contribution in [1.82, 2.24) is 10.1 Å². The Morgan fingerprint density at radius 3 is 2.75 bits per heavy atom. The highest BCUT2D eigenvalue weighted by atomic mass is 32.2. The summed E-state index contributed by atoms with van der Waals surface area (Å²) in [5, 5.41) is 13.0. The molecule has 112 valence electrons. The summed E-state index contributed by atoms with van der Waals surface area (Å²) >= 11 is 1.58. The molecule has 0 spiro atoms. The Labute approximate surface area is 123 Å². The second kappa shape index (κ2) is 7.13. The molecule has 1 aromatic heterocycles. The molecule has 1 amide bonds. The lowest BCUT2D eigenvalue weighted by molar-refractivity contribution is -0.132. The van der Waals surface area contributed by atoms with E-state index in [-0.39, 0.29) is 12.5 Å². The van der Waals surface area contributed by atoms with E-state index in [0.29, 0.717) is 18.3 Å². The van der Waals surface area contributed by atoms with E-state index >= 15 is 0 Å². The van der Waals surface area contributed by atoms with Gasteiger partial charge in [0.05, 0.1) is 18.1 Å². The number of amides is 1. The molecule has 1 aliphatic rings. The van der Waals surface area contributed by atoms with Crippen molar-refractivity contribution in [1.29, 1.82) is 0 Å². The van der Waals surface area contributed by atoms with Gasteiger partial charge in [0.2, 0.25) is 5.91 Å². The summed E-state index contributed by atoms with van der Waals surface area (Å²) in [6.07, 6.45) is 3.33. The number of hydrogen-bond donors (Lipinski definition) is 1. The van der Waals surface area contributed by atoms with Gasteiger partial charge in [0.1, 0.15) is 5.76 Å². The molecule has 1 fully saturated rings. The first-order chi connectivity index (χ1) is 9.63. The highest BCUT2D eigenvalue weighted by Gasteiger charge is 2.28. The number of aryl methyl sites for hydroxylation is 2. The highest BCUT2D eigenvalue weighted by Crippen LogP contribution is 2.26. The third-order valence-corrected chi connectivity index (χ3v) is 4.77. The lowest BCUT2D eigenvalue weighted by Gasteiger charge is -2.37. The zero-order valence-electron chi connectivity index (χ0n) is 12.1. The first-order valence-electron chi connectivity index (χ1n) is 7.03. The second-order valence-electron chi connectivity index (χ2n) is 5.19. The molecule has 1 aromatic rings. The minimum absolute atomic E-state index is 0.0385. The summed E-state index contributed by atoms with van der Waals surface area (Å²) in [7, 11) is 0. The fraction of sp³-hybridized carbons (Fsp3) is 0.714. The van der Waals surface area contributed by atoms with Gasteiger partial charge in [-0.05, 0) is 33.1 Å². The molecule has 1 saturated carbocycles. The van der Waals surface area contributed by atoms with Crippen molar-refractivity contribution in [3.63, 3.8) is 0 Å². The Morgan fingerprint density at radius 1 is 1.50 bits per heavy atom. The van der Waals surface area contributed by atoms with Gasteiger partial charge in [0.25, 0.3) is 0 Å². The smallest absolute Gasteiger partial charge is 0.232 e. The van der Waals surface area contributed by atoms with Crippen LogP contribution in [-0.2, 0) is 10.5 Å². The molecule has 2 rings (SSSR count). The largest absolute Gasteiger partial charge is 0.395 e. The van der Waals surface area contributed by atoms with E-state index in [2.05, 4.69) is 5.16 Å². The van der Waals surface area contributed by atoms with Crippen LogP contribution in [0.15, 0.2) is 4.52 Å². The molecule has 0 bridgehead atoms. The molecule has 0 aliphatic heterocycles. The summed E-state index contributed by atoms with van der Waals surface area (Å²) in [6, 6.07) is 0.342. The maximum Gasteiger partial charge on any atom is 0.232 e. The van der Waals surface area contributed by atoms with E-state index in [9.17, 15) is 4.79 Å². The number of nitrogens with zero attached hydrogens (tertiary/aromatic N) is 2. The summed E-state index contributed by atoms with van der Waals surface area (Å²) in [6.45, 7) is 4.30. The number of carbonyl (C=O) groups is 1. The first kappa shape index (κ1) is 15.4. The van der Waals surface area contributed by atoms with Gasteiger partial charge in [-0.3, -0.25) is 4.79 Å². The Bertz CT molecular complexity index is 438. The molecule has 0 atom stereocenters. The molecular formula is C14H22N2O3S. The van der Waals surface area contributed by atoms with Crippen molar-refractivity contribution >= 4 is 17.7 Å². The lowest BCUT2D eigenvalue weighted by Crippen LogP contribution is -2.46. The average Bonchev–Trinajstić information content (AvgIpc) is 2.67. The number of aliphatic hydroxyl groups excluding tert-OH is 1. The number of aliphatic hydroxyl groups is 1. The molecule has 6 heteroatoms. The SMILES string of the molecule is Cc1noc(C)c1CSCC(=O)N(CCO)C1CCC1. The monoisotopic (exact) mass is 298 g/mol. The van der Waals surface area contributed by atoms with Gasteiger partial charge >= 0.3 is 0 Å². The van der Waals surface area contributed by atoms with Crippen molar-refractivity contribution in [2.75, 3.05) is 18.9 Å². The maximum absolute atomic E-state index is 12.2. The fourth-order valence-electron chi connectivity index (χ4n) is 2.35. The normalized spacial score (nSPS) is 15.2. The van der Waals surface area contributed by atoms with Gasteiger partial charge in [-0.15, -0.1) is 11.8 Å². The van der Waals surface area contributed by atoms with Crippen LogP contribution in [0.25, 0.3) is 0 Å². The third kappa shape index (κ3) is 3.55. The Balaban J connectivity index is 1.81. The molecule has 0 aromatic carbocycles. The van der Waals surface area contributed by atoms with Crippen LogP contribution < -0.4 is 0 Å². The van der Waals surface area contributed by atoms with Gasteiger partial charge in [0, 0.05) is 23.9 Å². The summed E-state index contributed by atoms with van der Waals surface area (Å²) in [5.74, 6) is 2.14. The maximum atomic E-state index is 12.2. The van der Waals surface area contributed by atoms with Crippen molar-refractivity contribution in [2.24, 2.45) is 0 Å². The molecule has 20 heavy (non-hydrogen) atoms. The summed E-state index contributed by atoms with van der Waals surface area (Å²) in [4.78, 5) is 14.1. The Hall–Kier alpha value is -1.01. The lowest BCUT2D eigenvalue weighted by atomic mass is 9.91.